The molecule has 0 radical (unpaired) electrons. The fourth-order valence-electron chi connectivity index (χ4n) is 5.45. The molecule has 0 aromatic heterocycles. The standard InChI is InChI=1S/C27H48O4/c1-22(2)17-13-11-9-7-5-6-8-10-12-14-18-26(24(28)29)19-15-16-20-27(26,25(30)31)21-23(3)4/h15-16,22-23H,5-14,17-21H2,1-4H3,(H,28,29)(H,30,31). The molecule has 0 aromatic carbocycles. The minimum Gasteiger partial charge on any atom is -0.481 e. The van der Waals surface area contributed by atoms with Gasteiger partial charge in [0.05, 0.1) is 10.8 Å². The Kier molecular flexibility index (Phi) is 12.5. The molecule has 0 aromatic rings. The van der Waals surface area contributed by atoms with Gasteiger partial charge in [-0.25, -0.2) is 0 Å². The lowest BCUT2D eigenvalue weighted by atomic mass is 9.53. The predicted molar refractivity (Wildman–Crippen MR) is 128 cm³/mol. The van der Waals surface area contributed by atoms with E-state index in [-0.39, 0.29) is 5.92 Å². The molecule has 0 fully saturated rings. The second kappa shape index (κ2) is 14.0. The summed E-state index contributed by atoms with van der Waals surface area (Å²) in [7, 11) is 0. The van der Waals surface area contributed by atoms with Crippen LogP contribution in [0.25, 0.3) is 0 Å². The first kappa shape index (κ1) is 27.7. The van der Waals surface area contributed by atoms with Crippen molar-refractivity contribution in [1.29, 1.82) is 0 Å². The maximum absolute atomic E-state index is 12.4. The van der Waals surface area contributed by atoms with E-state index in [0.717, 1.165) is 25.2 Å². The molecule has 0 aliphatic heterocycles. The van der Waals surface area contributed by atoms with Crippen molar-refractivity contribution in [3.8, 4) is 0 Å². The third-order valence-electron chi connectivity index (χ3n) is 7.23. The summed E-state index contributed by atoms with van der Waals surface area (Å²) in [6.45, 7) is 8.55. The van der Waals surface area contributed by atoms with Crippen LogP contribution in [0.2, 0.25) is 0 Å². The average Bonchev–Trinajstić information content (AvgIpc) is 2.68. The fourth-order valence-corrected chi connectivity index (χ4v) is 5.45. The van der Waals surface area contributed by atoms with Gasteiger partial charge in [0.25, 0.3) is 0 Å². The summed E-state index contributed by atoms with van der Waals surface area (Å²) in [5.41, 5.74) is -2.38. The Labute approximate surface area is 190 Å². The zero-order valence-corrected chi connectivity index (χ0v) is 20.6. The van der Waals surface area contributed by atoms with Crippen LogP contribution in [0.3, 0.4) is 0 Å². The lowest BCUT2D eigenvalue weighted by molar-refractivity contribution is -0.178. The van der Waals surface area contributed by atoms with Crippen molar-refractivity contribution >= 4 is 11.9 Å². The van der Waals surface area contributed by atoms with Gasteiger partial charge in [-0.05, 0) is 37.5 Å². The molecular formula is C27H48O4. The van der Waals surface area contributed by atoms with E-state index in [0.29, 0.717) is 25.7 Å². The smallest absolute Gasteiger partial charge is 0.311 e. The number of rotatable bonds is 17. The molecule has 4 nitrogen and oxygen atoms in total. The minimum atomic E-state index is -1.20. The van der Waals surface area contributed by atoms with Gasteiger partial charge in [0, 0.05) is 0 Å². The molecule has 0 spiro atoms. The first-order chi connectivity index (χ1) is 14.7. The van der Waals surface area contributed by atoms with Crippen molar-refractivity contribution in [2.24, 2.45) is 22.7 Å². The molecule has 1 aliphatic carbocycles. The lowest BCUT2D eigenvalue weighted by Crippen LogP contribution is -2.54. The van der Waals surface area contributed by atoms with Gasteiger partial charge in [-0.15, -0.1) is 0 Å². The summed E-state index contributed by atoms with van der Waals surface area (Å²) < 4.78 is 0. The van der Waals surface area contributed by atoms with Crippen LogP contribution in [0.5, 0.6) is 0 Å². The molecule has 0 heterocycles. The Morgan fingerprint density at radius 3 is 1.52 bits per heavy atom. The third-order valence-corrected chi connectivity index (χ3v) is 7.23. The monoisotopic (exact) mass is 436 g/mol. The van der Waals surface area contributed by atoms with Crippen LogP contribution in [-0.2, 0) is 9.59 Å². The topological polar surface area (TPSA) is 74.6 Å². The van der Waals surface area contributed by atoms with Crippen LogP contribution >= 0.6 is 0 Å². The molecule has 1 aliphatic rings. The molecule has 0 amide bonds. The first-order valence-corrected chi connectivity index (χ1v) is 12.8. The van der Waals surface area contributed by atoms with E-state index in [2.05, 4.69) is 13.8 Å². The Bertz CT molecular complexity index is 566. The Morgan fingerprint density at radius 2 is 1.10 bits per heavy atom. The second-order valence-electron chi connectivity index (χ2n) is 10.7. The van der Waals surface area contributed by atoms with Gasteiger partial charge < -0.3 is 10.2 Å². The average molecular weight is 437 g/mol. The lowest BCUT2D eigenvalue weighted by Gasteiger charge is -2.47. The molecule has 2 unspecified atom stereocenters. The van der Waals surface area contributed by atoms with Gasteiger partial charge in [0.1, 0.15) is 0 Å². The van der Waals surface area contributed by atoms with Gasteiger partial charge in [-0.1, -0.05) is 110 Å². The van der Waals surface area contributed by atoms with Crippen LogP contribution in [0, 0.1) is 22.7 Å². The highest BCUT2D eigenvalue weighted by atomic mass is 16.4. The summed E-state index contributed by atoms with van der Waals surface area (Å²) in [4.78, 5) is 24.8. The summed E-state index contributed by atoms with van der Waals surface area (Å²) in [6.07, 6.45) is 18.6. The molecule has 31 heavy (non-hydrogen) atoms. The number of carbonyl (C=O) groups is 2. The number of hydrogen-bond donors (Lipinski definition) is 2. The Morgan fingerprint density at radius 1 is 0.677 bits per heavy atom. The SMILES string of the molecule is CC(C)CCCCCCCCCCCCC1(C(=O)O)CC=CCC1(CC(C)C)C(=O)O. The molecular weight excluding hydrogens is 388 g/mol. The van der Waals surface area contributed by atoms with Crippen LogP contribution in [-0.4, -0.2) is 22.2 Å². The maximum Gasteiger partial charge on any atom is 0.311 e. The molecule has 0 bridgehead atoms. The predicted octanol–water partition coefficient (Wildman–Crippen LogP) is 7.86. The molecule has 0 saturated heterocycles. The van der Waals surface area contributed by atoms with E-state index in [1.165, 1.54) is 51.4 Å². The summed E-state index contributed by atoms with van der Waals surface area (Å²) >= 11 is 0. The number of aliphatic carboxylic acids is 2. The van der Waals surface area contributed by atoms with Crippen LogP contribution in [0.1, 0.15) is 124 Å². The quantitative estimate of drug-likeness (QED) is 0.180. The van der Waals surface area contributed by atoms with E-state index in [4.69, 9.17) is 0 Å². The Hall–Kier alpha value is -1.32. The zero-order valence-electron chi connectivity index (χ0n) is 20.6. The van der Waals surface area contributed by atoms with Gasteiger partial charge >= 0.3 is 11.9 Å². The number of hydrogen-bond acceptors (Lipinski definition) is 2. The van der Waals surface area contributed by atoms with Crippen LogP contribution < -0.4 is 0 Å². The Balaban J connectivity index is 2.44. The van der Waals surface area contributed by atoms with Crippen molar-refractivity contribution in [3.05, 3.63) is 12.2 Å². The molecule has 2 atom stereocenters. The van der Waals surface area contributed by atoms with Crippen molar-refractivity contribution in [2.75, 3.05) is 0 Å². The fraction of sp³-hybridized carbons (Fsp3) is 0.852. The highest BCUT2D eigenvalue weighted by Crippen LogP contribution is 2.55. The first-order valence-electron chi connectivity index (χ1n) is 12.8. The highest BCUT2D eigenvalue weighted by molar-refractivity contribution is 5.87. The van der Waals surface area contributed by atoms with E-state index in [1.807, 2.05) is 26.0 Å². The number of carboxylic acids is 2. The number of carboxylic acid groups (broad SMARTS) is 2. The van der Waals surface area contributed by atoms with Crippen LogP contribution in [0.15, 0.2) is 12.2 Å². The van der Waals surface area contributed by atoms with Crippen molar-refractivity contribution in [1.82, 2.24) is 0 Å². The normalized spacial score (nSPS) is 23.5. The number of unbranched alkanes of at least 4 members (excludes halogenated alkanes) is 9. The zero-order chi connectivity index (χ0) is 23.3. The summed E-state index contributed by atoms with van der Waals surface area (Å²) in [5, 5.41) is 20.3. The minimum absolute atomic E-state index is 0.145. The maximum atomic E-state index is 12.4. The third kappa shape index (κ3) is 8.27. The van der Waals surface area contributed by atoms with Gasteiger partial charge in [-0.3, -0.25) is 9.59 Å². The van der Waals surface area contributed by atoms with Crippen molar-refractivity contribution in [3.63, 3.8) is 0 Å². The number of allylic oxidation sites excluding steroid dienone is 2. The van der Waals surface area contributed by atoms with E-state index in [9.17, 15) is 19.8 Å². The molecule has 2 N–H and O–H groups in total. The van der Waals surface area contributed by atoms with E-state index in [1.54, 1.807) is 0 Å². The largest absolute Gasteiger partial charge is 0.481 e. The van der Waals surface area contributed by atoms with Crippen LogP contribution in [0.4, 0.5) is 0 Å². The molecule has 4 heteroatoms. The van der Waals surface area contributed by atoms with E-state index < -0.39 is 22.8 Å². The van der Waals surface area contributed by atoms with Crippen molar-refractivity contribution in [2.45, 2.75) is 124 Å². The summed E-state index contributed by atoms with van der Waals surface area (Å²) in [5.74, 6) is -0.915. The molecule has 180 valence electrons. The molecule has 1 rings (SSSR count). The molecule has 0 saturated carbocycles. The van der Waals surface area contributed by atoms with Gasteiger partial charge in [-0.2, -0.15) is 0 Å². The van der Waals surface area contributed by atoms with Crippen molar-refractivity contribution < 1.29 is 19.8 Å². The second-order valence-corrected chi connectivity index (χ2v) is 10.7. The van der Waals surface area contributed by atoms with Gasteiger partial charge in [0.15, 0.2) is 0 Å². The summed E-state index contributed by atoms with van der Waals surface area (Å²) in [6, 6.07) is 0. The van der Waals surface area contributed by atoms with E-state index >= 15 is 0 Å². The van der Waals surface area contributed by atoms with Gasteiger partial charge in [0.2, 0.25) is 0 Å². The highest BCUT2D eigenvalue weighted by Gasteiger charge is 2.60.